The van der Waals surface area contributed by atoms with Gasteiger partial charge in [0.2, 0.25) is 0 Å². The van der Waals surface area contributed by atoms with Crippen LogP contribution in [0.25, 0.3) is 0 Å². The van der Waals surface area contributed by atoms with Crippen molar-refractivity contribution in [2.45, 2.75) is 46.1 Å². The summed E-state index contributed by atoms with van der Waals surface area (Å²) in [5, 5.41) is 0. The number of hydrogen-bond donors (Lipinski definition) is 0. The van der Waals surface area contributed by atoms with E-state index >= 15 is 0 Å². The number of unbranched alkanes of at least 4 members (excludes halogenated alkanes) is 3. The zero-order valence-corrected chi connectivity index (χ0v) is 13.0. The van der Waals surface area contributed by atoms with Crippen molar-refractivity contribution >= 4 is 5.97 Å². The van der Waals surface area contributed by atoms with Crippen LogP contribution in [0, 0.1) is 5.92 Å². The van der Waals surface area contributed by atoms with E-state index in [0.717, 1.165) is 25.7 Å². The molecule has 0 fully saturated rings. The molecule has 1 aromatic rings. The SMILES string of the molecule is CC(C)C(=O)OCCCCCCn1c(=O)ccn(C)c1=O. The molecule has 0 aliphatic rings. The lowest BCUT2D eigenvalue weighted by molar-refractivity contribution is -0.147. The molecule has 0 N–H and O–H groups in total. The number of rotatable bonds is 8. The Morgan fingerprint density at radius 3 is 2.52 bits per heavy atom. The Labute approximate surface area is 124 Å². The van der Waals surface area contributed by atoms with Gasteiger partial charge in [-0.15, -0.1) is 0 Å². The van der Waals surface area contributed by atoms with Gasteiger partial charge >= 0.3 is 11.7 Å². The topological polar surface area (TPSA) is 70.3 Å². The zero-order chi connectivity index (χ0) is 15.8. The summed E-state index contributed by atoms with van der Waals surface area (Å²) in [7, 11) is 1.63. The molecule has 21 heavy (non-hydrogen) atoms. The minimum absolute atomic E-state index is 0.0915. The van der Waals surface area contributed by atoms with Gasteiger partial charge in [0.25, 0.3) is 5.56 Å². The smallest absolute Gasteiger partial charge is 0.330 e. The molecule has 0 amide bonds. The minimum Gasteiger partial charge on any atom is -0.465 e. The van der Waals surface area contributed by atoms with Crippen molar-refractivity contribution in [1.29, 1.82) is 0 Å². The van der Waals surface area contributed by atoms with Crippen LogP contribution >= 0.6 is 0 Å². The number of nitrogens with zero attached hydrogens (tertiary/aromatic N) is 2. The van der Waals surface area contributed by atoms with Gasteiger partial charge in [-0.05, 0) is 19.3 Å². The van der Waals surface area contributed by atoms with Gasteiger partial charge in [-0.2, -0.15) is 0 Å². The highest BCUT2D eigenvalue weighted by atomic mass is 16.5. The molecule has 0 unspecified atom stereocenters. The number of esters is 1. The summed E-state index contributed by atoms with van der Waals surface area (Å²) < 4.78 is 7.72. The van der Waals surface area contributed by atoms with Gasteiger partial charge in [0.15, 0.2) is 0 Å². The summed E-state index contributed by atoms with van der Waals surface area (Å²) in [6.45, 7) is 4.48. The quantitative estimate of drug-likeness (QED) is 0.535. The number of carbonyl (C=O) groups excluding carboxylic acids is 1. The van der Waals surface area contributed by atoms with Gasteiger partial charge in [0, 0.05) is 25.9 Å². The zero-order valence-electron chi connectivity index (χ0n) is 13.0. The second-order valence-corrected chi connectivity index (χ2v) is 5.44. The first-order valence-corrected chi connectivity index (χ1v) is 7.36. The van der Waals surface area contributed by atoms with Crippen LogP contribution in [0.2, 0.25) is 0 Å². The Bertz CT molecular complexity index is 572. The molecular formula is C15H24N2O4. The van der Waals surface area contributed by atoms with E-state index in [1.807, 2.05) is 0 Å². The van der Waals surface area contributed by atoms with Gasteiger partial charge in [0.05, 0.1) is 12.5 Å². The van der Waals surface area contributed by atoms with Crippen LogP contribution in [-0.2, 0) is 23.1 Å². The number of aryl methyl sites for hydroxylation is 1. The van der Waals surface area contributed by atoms with E-state index in [4.69, 9.17) is 4.74 Å². The molecule has 0 aromatic carbocycles. The number of hydrogen-bond acceptors (Lipinski definition) is 4. The first-order chi connectivity index (χ1) is 9.93. The first-order valence-electron chi connectivity index (χ1n) is 7.36. The van der Waals surface area contributed by atoms with Crippen LogP contribution in [0.3, 0.4) is 0 Å². The fourth-order valence-electron chi connectivity index (χ4n) is 1.88. The van der Waals surface area contributed by atoms with E-state index < -0.39 is 0 Å². The van der Waals surface area contributed by atoms with Gasteiger partial charge < -0.3 is 9.30 Å². The minimum atomic E-state index is -0.284. The fraction of sp³-hybridized carbons (Fsp3) is 0.667. The molecule has 6 nitrogen and oxygen atoms in total. The Kier molecular flexibility index (Phi) is 6.91. The molecule has 0 spiro atoms. The third-order valence-corrected chi connectivity index (χ3v) is 3.23. The van der Waals surface area contributed by atoms with Crippen LogP contribution in [0.4, 0.5) is 0 Å². The van der Waals surface area contributed by atoms with Gasteiger partial charge in [-0.3, -0.25) is 14.2 Å². The van der Waals surface area contributed by atoms with Crippen molar-refractivity contribution in [3.05, 3.63) is 33.1 Å². The summed E-state index contributed by atoms with van der Waals surface area (Å²) in [5.41, 5.74) is -0.544. The maximum absolute atomic E-state index is 11.8. The third-order valence-electron chi connectivity index (χ3n) is 3.23. The van der Waals surface area contributed by atoms with Crippen molar-refractivity contribution in [3.8, 4) is 0 Å². The summed E-state index contributed by atoms with van der Waals surface area (Å²) in [4.78, 5) is 34.6. The van der Waals surface area contributed by atoms with Crippen molar-refractivity contribution in [2.75, 3.05) is 6.61 Å². The molecule has 0 aliphatic heterocycles. The summed E-state index contributed by atoms with van der Waals surface area (Å²) in [6.07, 6.45) is 4.85. The number of aromatic nitrogens is 2. The Morgan fingerprint density at radius 1 is 1.19 bits per heavy atom. The molecule has 0 saturated carbocycles. The van der Waals surface area contributed by atoms with Crippen molar-refractivity contribution < 1.29 is 9.53 Å². The van der Waals surface area contributed by atoms with Crippen LogP contribution in [0.15, 0.2) is 21.9 Å². The first kappa shape index (κ1) is 17.2. The lowest BCUT2D eigenvalue weighted by Crippen LogP contribution is -2.37. The van der Waals surface area contributed by atoms with Crippen molar-refractivity contribution in [1.82, 2.24) is 9.13 Å². The predicted molar refractivity (Wildman–Crippen MR) is 80.2 cm³/mol. The highest BCUT2D eigenvalue weighted by Crippen LogP contribution is 2.03. The normalized spacial score (nSPS) is 10.9. The van der Waals surface area contributed by atoms with Crippen LogP contribution < -0.4 is 11.2 Å². The largest absolute Gasteiger partial charge is 0.465 e. The molecule has 6 heteroatoms. The molecule has 1 heterocycles. The van der Waals surface area contributed by atoms with Gasteiger partial charge in [-0.1, -0.05) is 20.3 Å². The molecular weight excluding hydrogens is 272 g/mol. The lowest BCUT2D eigenvalue weighted by atomic mass is 10.2. The van der Waals surface area contributed by atoms with Gasteiger partial charge in [-0.25, -0.2) is 4.79 Å². The van der Waals surface area contributed by atoms with Crippen LogP contribution in [0.5, 0.6) is 0 Å². The Balaban J connectivity index is 2.24. The van der Waals surface area contributed by atoms with Crippen LogP contribution in [0.1, 0.15) is 39.5 Å². The monoisotopic (exact) mass is 296 g/mol. The molecule has 118 valence electrons. The summed E-state index contributed by atoms with van der Waals surface area (Å²) >= 11 is 0. The van der Waals surface area contributed by atoms with E-state index in [2.05, 4.69) is 0 Å². The van der Waals surface area contributed by atoms with E-state index in [1.54, 1.807) is 20.9 Å². The second kappa shape index (κ2) is 8.44. The molecule has 1 rings (SSSR count). The second-order valence-electron chi connectivity index (χ2n) is 5.44. The maximum atomic E-state index is 11.8. The standard InChI is InChI=1S/C15H24N2O4/c1-12(2)14(19)21-11-7-5-4-6-9-17-13(18)8-10-16(3)15(17)20/h8,10,12H,4-7,9,11H2,1-3H3. The predicted octanol–water partition coefficient (Wildman–Crippen LogP) is 1.31. The van der Waals surface area contributed by atoms with E-state index in [9.17, 15) is 14.4 Å². The van der Waals surface area contributed by atoms with Crippen molar-refractivity contribution in [2.24, 2.45) is 13.0 Å². The molecule has 0 bridgehead atoms. The summed E-state index contributed by atoms with van der Waals surface area (Å²) in [6, 6.07) is 1.40. The number of ether oxygens (including phenoxy) is 1. The molecule has 0 radical (unpaired) electrons. The third kappa shape index (κ3) is 5.57. The Morgan fingerprint density at radius 2 is 1.86 bits per heavy atom. The van der Waals surface area contributed by atoms with E-state index in [-0.39, 0.29) is 23.1 Å². The average molecular weight is 296 g/mol. The average Bonchev–Trinajstić information content (AvgIpc) is 2.44. The molecule has 0 aliphatic carbocycles. The summed E-state index contributed by atoms with van der Waals surface area (Å²) in [5.74, 6) is -0.263. The highest BCUT2D eigenvalue weighted by molar-refractivity contribution is 5.71. The fourth-order valence-corrected chi connectivity index (χ4v) is 1.88. The molecule has 1 aromatic heterocycles. The van der Waals surface area contributed by atoms with E-state index in [0.29, 0.717) is 13.2 Å². The Hall–Kier alpha value is -1.85. The van der Waals surface area contributed by atoms with Gasteiger partial charge in [0.1, 0.15) is 0 Å². The number of carbonyl (C=O) groups is 1. The van der Waals surface area contributed by atoms with Crippen LogP contribution in [-0.4, -0.2) is 21.7 Å². The van der Waals surface area contributed by atoms with E-state index in [1.165, 1.54) is 21.4 Å². The maximum Gasteiger partial charge on any atom is 0.330 e. The lowest BCUT2D eigenvalue weighted by Gasteiger charge is -2.08. The molecule has 0 saturated heterocycles. The molecule has 0 atom stereocenters. The van der Waals surface area contributed by atoms with Crippen molar-refractivity contribution in [3.63, 3.8) is 0 Å². The highest BCUT2D eigenvalue weighted by Gasteiger charge is 2.07.